The minimum atomic E-state index is 0.811. The monoisotopic (exact) mass is 304 g/mol. The van der Waals surface area contributed by atoms with Crippen molar-refractivity contribution in [1.29, 1.82) is 0 Å². The van der Waals surface area contributed by atoms with E-state index in [0.29, 0.717) is 0 Å². The van der Waals surface area contributed by atoms with E-state index in [1.807, 2.05) is 0 Å². The number of rotatable bonds is 8. The van der Waals surface area contributed by atoms with E-state index in [1.165, 1.54) is 56.6 Å². The first-order valence-corrected chi connectivity index (χ1v) is 9.01. The van der Waals surface area contributed by atoms with Gasteiger partial charge in [-0.1, -0.05) is 19.9 Å². The molecule has 1 N–H and O–H groups in total. The van der Waals surface area contributed by atoms with Crippen LogP contribution in [-0.4, -0.2) is 44.2 Å². The molecular formula is C19H32N2O. The molecule has 1 aromatic rings. The van der Waals surface area contributed by atoms with Gasteiger partial charge in [0.2, 0.25) is 0 Å². The molecule has 1 heterocycles. The molecule has 1 aromatic carbocycles. The van der Waals surface area contributed by atoms with E-state index < -0.39 is 0 Å². The molecule has 0 aromatic heterocycles. The molecule has 3 nitrogen and oxygen atoms in total. The number of nitrogens with zero attached hydrogens (tertiary/aromatic N) is 1. The van der Waals surface area contributed by atoms with Gasteiger partial charge < -0.3 is 15.0 Å². The highest BCUT2D eigenvalue weighted by Crippen LogP contribution is 2.20. The second-order valence-corrected chi connectivity index (χ2v) is 6.18. The van der Waals surface area contributed by atoms with Gasteiger partial charge in [-0.15, -0.1) is 0 Å². The van der Waals surface area contributed by atoms with Crippen molar-refractivity contribution >= 4 is 0 Å². The van der Waals surface area contributed by atoms with E-state index in [0.717, 1.165) is 31.7 Å². The summed E-state index contributed by atoms with van der Waals surface area (Å²) < 4.78 is 5.75. The average molecular weight is 304 g/mol. The molecule has 0 aliphatic carbocycles. The SMILES string of the molecule is CCCOc1ccc(CCCN2CCCNCC2)c(CC)c1. The van der Waals surface area contributed by atoms with Crippen LogP contribution in [0.25, 0.3) is 0 Å². The largest absolute Gasteiger partial charge is 0.494 e. The molecule has 1 fully saturated rings. The van der Waals surface area contributed by atoms with Gasteiger partial charge in [-0.05, 0) is 75.0 Å². The molecule has 0 spiro atoms. The smallest absolute Gasteiger partial charge is 0.119 e. The van der Waals surface area contributed by atoms with Crippen molar-refractivity contribution in [3.05, 3.63) is 29.3 Å². The van der Waals surface area contributed by atoms with Crippen LogP contribution in [0.15, 0.2) is 18.2 Å². The Bertz CT molecular complexity index is 425. The number of hydrogen-bond donors (Lipinski definition) is 1. The van der Waals surface area contributed by atoms with Gasteiger partial charge in [0.25, 0.3) is 0 Å². The van der Waals surface area contributed by atoms with Crippen LogP contribution in [0.5, 0.6) is 5.75 Å². The minimum Gasteiger partial charge on any atom is -0.494 e. The van der Waals surface area contributed by atoms with Gasteiger partial charge in [0.15, 0.2) is 0 Å². The van der Waals surface area contributed by atoms with Gasteiger partial charge in [-0.3, -0.25) is 0 Å². The lowest BCUT2D eigenvalue weighted by molar-refractivity contribution is 0.289. The molecule has 0 saturated carbocycles. The topological polar surface area (TPSA) is 24.5 Å². The zero-order valence-corrected chi connectivity index (χ0v) is 14.4. The Labute approximate surface area is 136 Å². The summed E-state index contributed by atoms with van der Waals surface area (Å²) in [5.41, 5.74) is 2.95. The lowest BCUT2D eigenvalue weighted by Gasteiger charge is -2.19. The first-order chi connectivity index (χ1) is 10.8. The van der Waals surface area contributed by atoms with Gasteiger partial charge in [-0.25, -0.2) is 0 Å². The van der Waals surface area contributed by atoms with E-state index in [4.69, 9.17) is 4.74 Å². The number of nitrogens with one attached hydrogen (secondary N) is 1. The highest BCUT2D eigenvalue weighted by Gasteiger charge is 2.09. The molecular weight excluding hydrogens is 272 g/mol. The van der Waals surface area contributed by atoms with Crippen molar-refractivity contribution in [3.8, 4) is 5.75 Å². The predicted octanol–water partition coefficient (Wildman–Crippen LogP) is 3.27. The summed E-state index contributed by atoms with van der Waals surface area (Å²) in [6.45, 7) is 11.2. The molecule has 0 amide bonds. The molecule has 1 aliphatic heterocycles. The third-order valence-corrected chi connectivity index (χ3v) is 4.38. The highest BCUT2D eigenvalue weighted by molar-refractivity contribution is 5.35. The molecule has 0 unspecified atom stereocenters. The summed E-state index contributed by atoms with van der Waals surface area (Å²) in [6.07, 6.45) is 5.87. The Morgan fingerprint density at radius 3 is 2.86 bits per heavy atom. The maximum absolute atomic E-state index is 5.75. The van der Waals surface area contributed by atoms with Crippen molar-refractivity contribution < 1.29 is 4.74 Å². The lowest BCUT2D eigenvalue weighted by Crippen LogP contribution is -2.29. The van der Waals surface area contributed by atoms with Gasteiger partial charge in [0.1, 0.15) is 5.75 Å². The van der Waals surface area contributed by atoms with Crippen LogP contribution in [0, 0.1) is 0 Å². The van der Waals surface area contributed by atoms with E-state index in [9.17, 15) is 0 Å². The van der Waals surface area contributed by atoms with Crippen molar-refractivity contribution in [3.63, 3.8) is 0 Å². The van der Waals surface area contributed by atoms with Crippen LogP contribution in [0.3, 0.4) is 0 Å². The van der Waals surface area contributed by atoms with Crippen LogP contribution in [0.2, 0.25) is 0 Å². The van der Waals surface area contributed by atoms with E-state index >= 15 is 0 Å². The van der Waals surface area contributed by atoms with Gasteiger partial charge in [0, 0.05) is 13.1 Å². The summed E-state index contributed by atoms with van der Waals surface area (Å²) in [7, 11) is 0. The Balaban J connectivity index is 1.83. The van der Waals surface area contributed by atoms with Crippen molar-refractivity contribution in [2.45, 2.75) is 46.0 Å². The zero-order valence-electron chi connectivity index (χ0n) is 14.4. The summed E-state index contributed by atoms with van der Waals surface area (Å²) in [5.74, 6) is 1.03. The molecule has 0 bridgehead atoms. The second kappa shape index (κ2) is 9.86. The van der Waals surface area contributed by atoms with Gasteiger partial charge in [-0.2, -0.15) is 0 Å². The van der Waals surface area contributed by atoms with E-state index in [2.05, 4.69) is 42.3 Å². The van der Waals surface area contributed by atoms with Crippen molar-refractivity contribution in [2.75, 3.05) is 39.3 Å². The first-order valence-electron chi connectivity index (χ1n) is 9.01. The fraction of sp³-hybridized carbons (Fsp3) is 0.684. The van der Waals surface area contributed by atoms with Crippen LogP contribution >= 0.6 is 0 Å². The van der Waals surface area contributed by atoms with Crippen molar-refractivity contribution in [1.82, 2.24) is 10.2 Å². The fourth-order valence-corrected chi connectivity index (χ4v) is 3.10. The summed E-state index contributed by atoms with van der Waals surface area (Å²) in [6, 6.07) is 6.65. The summed E-state index contributed by atoms with van der Waals surface area (Å²) in [4.78, 5) is 2.60. The lowest BCUT2D eigenvalue weighted by atomic mass is 10.0. The molecule has 1 saturated heterocycles. The average Bonchev–Trinajstić information content (AvgIpc) is 2.82. The molecule has 2 rings (SSSR count). The molecule has 1 aliphatic rings. The fourth-order valence-electron chi connectivity index (χ4n) is 3.10. The number of benzene rings is 1. The maximum Gasteiger partial charge on any atom is 0.119 e. The second-order valence-electron chi connectivity index (χ2n) is 6.18. The minimum absolute atomic E-state index is 0.811. The number of ether oxygens (including phenoxy) is 1. The molecule has 3 heteroatoms. The maximum atomic E-state index is 5.75. The molecule has 124 valence electrons. The van der Waals surface area contributed by atoms with E-state index in [-0.39, 0.29) is 0 Å². The number of aryl methyl sites for hydroxylation is 2. The Kier molecular flexibility index (Phi) is 7.75. The zero-order chi connectivity index (χ0) is 15.6. The van der Waals surface area contributed by atoms with Crippen LogP contribution in [0.1, 0.15) is 44.2 Å². The quantitative estimate of drug-likeness (QED) is 0.798. The van der Waals surface area contributed by atoms with Gasteiger partial charge >= 0.3 is 0 Å². The Morgan fingerprint density at radius 2 is 2.05 bits per heavy atom. The van der Waals surface area contributed by atoms with Crippen LogP contribution < -0.4 is 10.1 Å². The van der Waals surface area contributed by atoms with Gasteiger partial charge in [0.05, 0.1) is 6.61 Å². The van der Waals surface area contributed by atoms with E-state index in [1.54, 1.807) is 0 Å². The predicted molar refractivity (Wildman–Crippen MR) is 93.9 cm³/mol. The van der Waals surface area contributed by atoms with Crippen LogP contribution in [0.4, 0.5) is 0 Å². The normalized spacial score (nSPS) is 16.5. The third kappa shape index (κ3) is 5.62. The third-order valence-electron chi connectivity index (χ3n) is 4.38. The summed E-state index contributed by atoms with van der Waals surface area (Å²) in [5, 5.41) is 3.47. The summed E-state index contributed by atoms with van der Waals surface area (Å²) >= 11 is 0. The Morgan fingerprint density at radius 1 is 1.14 bits per heavy atom. The molecule has 22 heavy (non-hydrogen) atoms. The highest BCUT2D eigenvalue weighted by atomic mass is 16.5. The standard InChI is InChI=1S/C19H32N2O/c1-3-15-22-19-9-8-18(17(4-2)16-19)7-5-12-21-13-6-10-20-11-14-21/h8-9,16,20H,3-7,10-15H2,1-2H3. The Hall–Kier alpha value is -1.06. The number of hydrogen-bond acceptors (Lipinski definition) is 3. The van der Waals surface area contributed by atoms with Crippen molar-refractivity contribution in [2.24, 2.45) is 0 Å². The molecule has 0 radical (unpaired) electrons. The van der Waals surface area contributed by atoms with Crippen LogP contribution in [-0.2, 0) is 12.8 Å². The first kappa shape index (κ1) is 17.3. The molecule has 0 atom stereocenters.